The molecule has 0 fully saturated rings. The van der Waals surface area contributed by atoms with E-state index in [-0.39, 0.29) is 23.4 Å². The first-order valence-electron chi connectivity index (χ1n) is 5.08. The van der Waals surface area contributed by atoms with Crippen LogP contribution >= 0.6 is 11.8 Å². The van der Waals surface area contributed by atoms with E-state index in [2.05, 4.69) is 10.5 Å². The van der Waals surface area contributed by atoms with Gasteiger partial charge in [0.05, 0.1) is 18.1 Å². The largest absolute Gasteiger partial charge is 0.465 e. The van der Waals surface area contributed by atoms with E-state index in [9.17, 15) is 9.59 Å². The number of aromatic nitrogens is 1. The van der Waals surface area contributed by atoms with Crippen molar-refractivity contribution in [2.75, 3.05) is 23.4 Å². The Morgan fingerprint density at radius 2 is 2.29 bits per heavy atom. The van der Waals surface area contributed by atoms with Crippen LogP contribution < -0.4 is 5.32 Å². The number of rotatable bonds is 6. The van der Waals surface area contributed by atoms with Gasteiger partial charge in [-0.1, -0.05) is 5.16 Å². The van der Waals surface area contributed by atoms with E-state index in [1.165, 1.54) is 11.8 Å². The normalized spacial score (nSPS) is 10.0. The van der Waals surface area contributed by atoms with Gasteiger partial charge in [-0.15, -0.1) is 11.8 Å². The van der Waals surface area contributed by atoms with Crippen molar-refractivity contribution in [3.8, 4) is 0 Å². The molecule has 0 aliphatic rings. The zero-order valence-corrected chi connectivity index (χ0v) is 10.5. The first-order valence-corrected chi connectivity index (χ1v) is 6.23. The number of carbonyl (C=O) groups is 2. The molecule has 0 unspecified atom stereocenters. The molecule has 1 N–H and O–H groups in total. The van der Waals surface area contributed by atoms with Crippen molar-refractivity contribution in [2.45, 2.75) is 13.8 Å². The van der Waals surface area contributed by atoms with Crippen LogP contribution in [0.2, 0.25) is 0 Å². The second kappa shape index (κ2) is 6.95. The Morgan fingerprint density at radius 3 is 2.88 bits per heavy atom. The molecule has 0 bridgehead atoms. The molecule has 0 saturated carbocycles. The topological polar surface area (TPSA) is 81.4 Å². The summed E-state index contributed by atoms with van der Waals surface area (Å²) in [4.78, 5) is 22.4. The maximum absolute atomic E-state index is 11.4. The van der Waals surface area contributed by atoms with E-state index in [1.807, 2.05) is 0 Å². The number of hydrogen-bond donors (Lipinski definition) is 1. The lowest BCUT2D eigenvalue weighted by Gasteiger charge is -2.01. The molecule has 0 spiro atoms. The molecule has 0 aliphatic carbocycles. The average Bonchev–Trinajstić information content (AvgIpc) is 2.64. The highest BCUT2D eigenvalue weighted by Gasteiger charge is 2.08. The standard InChI is InChI=1S/C10H14N2O4S/c1-3-15-10(14)6-17-5-9(13)11-8-4-7(2)16-12-8/h4H,3,5-6H2,1-2H3,(H,11,12,13). The fraction of sp³-hybridized carbons (Fsp3) is 0.500. The second-order valence-electron chi connectivity index (χ2n) is 3.17. The summed E-state index contributed by atoms with van der Waals surface area (Å²) in [6, 6.07) is 1.62. The summed E-state index contributed by atoms with van der Waals surface area (Å²) in [5, 5.41) is 6.17. The highest BCUT2D eigenvalue weighted by atomic mass is 32.2. The van der Waals surface area contributed by atoms with Crippen LogP contribution in [0.25, 0.3) is 0 Å². The van der Waals surface area contributed by atoms with E-state index in [4.69, 9.17) is 9.26 Å². The zero-order valence-electron chi connectivity index (χ0n) is 9.69. The molecule has 6 nitrogen and oxygen atoms in total. The van der Waals surface area contributed by atoms with Gasteiger partial charge in [-0.3, -0.25) is 9.59 Å². The third-order valence-corrected chi connectivity index (χ3v) is 2.56. The molecule has 0 saturated heterocycles. The van der Waals surface area contributed by atoms with Gasteiger partial charge in [0.25, 0.3) is 0 Å². The van der Waals surface area contributed by atoms with Crippen molar-refractivity contribution in [3.05, 3.63) is 11.8 Å². The molecule has 1 heterocycles. The van der Waals surface area contributed by atoms with Crippen molar-refractivity contribution in [1.82, 2.24) is 5.16 Å². The fourth-order valence-electron chi connectivity index (χ4n) is 1.03. The minimum absolute atomic E-state index is 0.166. The van der Waals surface area contributed by atoms with Gasteiger partial charge in [0.15, 0.2) is 5.82 Å². The number of nitrogens with one attached hydrogen (secondary N) is 1. The first kappa shape index (κ1) is 13.6. The van der Waals surface area contributed by atoms with Gasteiger partial charge in [-0.25, -0.2) is 0 Å². The summed E-state index contributed by atoms with van der Waals surface area (Å²) >= 11 is 1.19. The van der Waals surface area contributed by atoms with E-state index in [0.29, 0.717) is 18.2 Å². The monoisotopic (exact) mass is 258 g/mol. The van der Waals surface area contributed by atoms with Gasteiger partial charge in [-0.2, -0.15) is 0 Å². The third-order valence-electron chi connectivity index (χ3n) is 1.65. The summed E-state index contributed by atoms with van der Waals surface area (Å²) in [5.74, 6) is 0.794. The molecule has 94 valence electrons. The van der Waals surface area contributed by atoms with Gasteiger partial charge >= 0.3 is 5.97 Å². The Balaban J connectivity index is 2.19. The number of anilines is 1. The molecule has 1 aromatic rings. The molecule has 1 aromatic heterocycles. The Hall–Kier alpha value is -1.50. The lowest BCUT2D eigenvalue weighted by molar-refractivity contribution is -0.139. The lowest BCUT2D eigenvalue weighted by atomic mass is 10.5. The summed E-state index contributed by atoms with van der Waals surface area (Å²) < 4.78 is 9.52. The molecule has 0 atom stereocenters. The fourth-order valence-corrected chi connectivity index (χ4v) is 1.64. The quantitative estimate of drug-likeness (QED) is 0.772. The summed E-state index contributed by atoms with van der Waals surface area (Å²) in [5.41, 5.74) is 0. The number of carbonyl (C=O) groups excluding carboxylic acids is 2. The number of thioether (sulfide) groups is 1. The van der Waals surface area contributed by atoms with Gasteiger partial charge in [0.2, 0.25) is 5.91 Å². The molecular weight excluding hydrogens is 244 g/mol. The third kappa shape index (κ3) is 5.39. The van der Waals surface area contributed by atoms with Crippen molar-refractivity contribution in [3.63, 3.8) is 0 Å². The maximum atomic E-state index is 11.4. The number of amides is 1. The molecule has 1 amide bonds. The number of aryl methyl sites for hydroxylation is 1. The minimum atomic E-state index is -0.317. The molecule has 0 aromatic carbocycles. The number of ether oxygens (including phenoxy) is 1. The summed E-state index contributed by atoms with van der Waals surface area (Å²) in [7, 11) is 0. The van der Waals surface area contributed by atoms with Crippen molar-refractivity contribution in [1.29, 1.82) is 0 Å². The Morgan fingerprint density at radius 1 is 1.53 bits per heavy atom. The van der Waals surface area contributed by atoms with E-state index in [1.54, 1.807) is 19.9 Å². The summed E-state index contributed by atoms with van der Waals surface area (Å²) in [6.45, 7) is 3.82. The number of hydrogen-bond acceptors (Lipinski definition) is 6. The highest BCUT2D eigenvalue weighted by Crippen LogP contribution is 2.08. The van der Waals surface area contributed by atoms with Crippen LogP contribution in [0.5, 0.6) is 0 Å². The van der Waals surface area contributed by atoms with Gasteiger partial charge in [0, 0.05) is 6.07 Å². The molecule has 0 radical (unpaired) electrons. The SMILES string of the molecule is CCOC(=O)CSCC(=O)Nc1cc(C)on1. The number of esters is 1. The average molecular weight is 258 g/mol. The van der Waals surface area contributed by atoms with Crippen LogP contribution in [0.4, 0.5) is 5.82 Å². The van der Waals surface area contributed by atoms with Crippen LogP contribution in [-0.2, 0) is 14.3 Å². The zero-order chi connectivity index (χ0) is 12.7. The second-order valence-corrected chi connectivity index (χ2v) is 4.15. The van der Waals surface area contributed by atoms with Crippen LogP contribution in [0, 0.1) is 6.92 Å². The van der Waals surface area contributed by atoms with Crippen molar-refractivity contribution >= 4 is 29.5 Å². The number of nitrogens with zero attached hydrogens (tertiary/aromatic N) is 1. The van der Waals surface area contributed by atoms with E-state index >= 15 is 0 Å². The van der Waals surface area contributed by atoms with Crippen molar-refractivity contribution in [2.24, 2.45) is 0 Å². The smallest absolute Gasteiger partial charge is 0.315 e. The van der Waals surface area contributed by atoms with Crippen molar-refractivity contribution < 1.29 is 18.8 Å². The molecule has 0 aliphatic heterocycles. The maximum Gasteiger partial charge on any atom is 0.315 e. The molecule has 1 rings (SSSR count). The Kier molecular flexibility index (Phi) is 5.55. The Labute approximate surface area is 103 Å². The van der Waals surface area contributed by atoms with Crippen LogP contribution in [0.1, 0.15) is 12.7 Å². The lowest BCUT2D eigenvalue weighted by Crippen LogP contribution is -2.16. The van der Waals surface area contributed by atoms with Gasteiger partial charge in [0.1, 0.15) is 5.76 Å². The van der Waals surface area contributed by atoms with E-state index < -0.39 is 0 Å². The molecular formula is C10H14N2O4S. The Bertz CT molecular complexity index is 391. The van der Waals surface area contributed by atoms with Crippen LogP contribution in [-0.4, -0.2) is 35.1 Å². The minimum Gasteiger partial charge on any atom is -0.465 e. The highest BCUT2D eigenvalue weighted by molar-refractivity contribution is 8.00. The predicted octanol–water partition coefficient (Wildman–Crippen LogP) is 1.22. The van der Waals surface area contributed by atoms with Crippen LogP contribution in [0.3, 0.4) is 0 Å². The summed E-state index contributed by atoms with van der Waals surface area (Å²) in [6.07, 6.45) is 0. The van der Waals surface area contributed by atoms with Gasteiger partial charge in [-0.05, 0) is 13.8 Å². The van der Waals surface area contributed by atoms with Gasteiger partial charge < -0.3 is 14.6 Å². The first-order chi connectivity index (χ1) is 8.11. The van der Waals surface area contributed by atoms with E-state index in [0.717, 1.165) is 0 Å². The predicted molar refractivity (Wildman–Crippen MR) is 63.8 cm³/mol. The molecule has 17 heavy (non-hydrogen) atoms. The van der Waals surface area contributed by atoms with Crippen LogP contribution in [0.15, 0.2) is 10.6 Å². The molecule has 7 heteroatoms.